The maximum Gasteiger partial charge on any atom is 0.347 e. The molecular weight excluding hydrogens is 522 g/mol. The van der Waals surface area contributed by atoms with Crippen LogP contribution >= 0.6 is 0 Å². The van der Waals surface area contributed by atoms with Crippen LogP contribution in [-0.2, 0) is 19.6 Å². The number of H-pyrrole nitrogens is 1. The van der Waals surface area contributed by atoms with Crippen molar-refractivity contribution in [1.29, 1.82) is 0 Å². The number of aliphatic imine (C=N–C) groups is 1. The van der Waals surface area contributed by atoms with E-state index in [-0.39, 0.29) is 17.1 Å². The number of guanidine groups is 1. The predicted octanol–water partition coefficient (Wildman–Crippen LogP) is 1.39. The van der Waals surface area contributed by atoms with Gasteiger partial charge in [0.25, 0.3) is 5.91 Å². The summed E-state index contributed by atoms with van der Waals surface area (Å²) in [5.74, 6) is -0.920. The van der Waals surface area contributed by atoms with Gasteiger partial charge in [0.15, 0.2) is 5.96 Å². The van der Waals surface area contributed by atoms with E-state index in [2.05, 4.69) is 35.9 Å². The third kappa shape index (κ3) is 6.55. The minimum Gasteiger partial charge on any atom is -0.463 e. The Bertz CT molecular complexity index is 1510. The van der Waals surface area contributed by atoms with Crippen LogP contribution in [0.3, 0.4) is 0 Å². The van der Waals surface area contributed by atoms with Crippen LogP contribution in [0.2, 0.25) is 0 Å². The molecule has 0 unspecified atom stereocenters. The van der Waals surface area contributed by atoms with E-state index in [9.17, 15) is 18.0 Å². The molecular formula is C26H33N7O5S. The van der Waals surface area contributed by atoms with Gasteiger partial charge in [-0.25, -0.2) is 13.2 Å². The number of hydrogen-bond donors (Lipinski definition) is 5. The number of nitrogens with zero attached hydrogens (tertiary/aromatic N) is 2. The van der Waals surface area contributed by atoms with Gasteiger partial charge in [0, 0.05) is 24.0 Å². The summed E-state index contributed by atoms with van der Waals surface area (Å²) >= 11 is 0. The molecule has 0 saturated heterocycles. The number of carbonyl (C=O) groups excluding carboxylic acids is 2. The molecule has 39 heavy (non-hydrogen) atoms. The zero-order valence-electron chi connectivity index (χ0n) is 22.3. The van der Waals surface area contributed by atoms with E-state index in [1.54, 1.807) is 50.4 Å². The maximum absolute atomic E-state index is 13.6. The topological polar surface area (TPSA) is 167 Å². The van der Waals surface area contributed by atoms with Crippen LogP contribution in [0.15, 0.2) is 46.4 Å². The number of sulfonamides is 1. The number of nitrogens with one attached hydrogen (secondary N) is 5. The molecule has 2 aromatic carbocycles. The third-order valence-electron chi connectivity index (χ3n) is 6.21. The van der Waals surface area contributed by atoms with Crippen molar-refractivity contribution in [3.8, 4) is 0 Å². The highest BCUT2D eigenvalue weighted by atomic mass is 32.2. The van der Waals surface area contributed by atoms with Crippen LogP contribution in [0.5, 0.6) is 0 Å². The van der Waals surface area contributed by atoms with Crippen molar-refractivity contribution in [2.45, 2.75) is 44.7 Å². The predicted molar refractivity (Wildman–Crippen MR) is 147 cm³/mol. The van der Waals surface area contributed by atoms with E-state index in [0.29, 0.717) is 42.0 Å². The molecule has 1 aromatic heterocycles. The van der Waals surface area contributed by atoms with E-state index in [4.69, 9.17) is 4.74 Å². The standard InChI is InChI=1S/C26H33N7O5S/c1-16-12-17(2)22(18(3)13-16)39(36,37)33-26(4,24(35)38-11-5-8-27-25-28-9-10-29-25)31-23(34)19-6-7-21-20(14-19)15-30-32-21/h6-7,12-15,33H,5,8-11H2,1-4H3,(H,30,32)(H,31,34)(H2,27,28,29)/t26-/m0/s1. The quantitative estimate of drug-likeness (QED) is 0.142. The van der Waals surface area contributed by atoms with Crippen LogP contribution in [0.25, 0.3) is 10.9 Å². The summed E-state index contributed by atoms with van der Waals surface area (Å²) in [6.45, 7) is 8.45. The van der Waals surface area contributed by atoms with E-state index < -0.39 is 27.6 Å². The normalized spacial score (nSPS) is 14.8. The lowest BCUT2D eigenvalue weighted by Crippen LogP contribution is -2.64. The monoisotopic (exact) mass is 555 g/mol. The van der Waals surface area contributed by atoms with Gasteiger partial charge in [-0.05, 0) is 63.4 Å². The number of amides is 1. The SMILES string of the molecule is Cc1cc(C)c(S(=O)(=O)N[C@](C)(NC(=O)c2ccc3[nH]ncc3c2)C(=O)OCCCNC2=NCCN2)c(C)c1. The Morgan fingerprint density at radius 3 is 2.56 bits per heavy atom. The average molecular weight is 556 g/mol. The molecule has 1 atom stereocenters. The van der Waals surface area contributed by atoms with Crippen molar-refractivity contribution in [3.63, 3.8) is 0 Å². The number of esters is 1. The Kier molecular flexibility index (Phi) is 8.21. The molecule has 0 saturated carbocycles. The van der Waals surface area contributed by atoms with Gasteiger partial charge in [-0.2, -0.15) is 9.82 Å². The largest absolute Gasteiger partial charge is 0.463 e. The maximum atomic E-state index is 13.6. The van der Waals surface area contributed by atoms with Gasteiger partial charge in [0.05, 0.1) is 29.8 Å². The first-order valence-electron chi connectivity index (χ1n) is 12.6. The van der Waals surface area contributed by atoms with Gasteiger partial charge in [-0.3, -0.25) is 14.9 Å². The van der Waals surface area contributed by atoms with Gasteiger partial charge in [-0.15, -0.1) is 0 Å². The van der Waals surface area contributed by atoms with Crippen LogP contribution in [0.4, 0.5) is 0 Å². The average Bonchev–Trinajstić information content (AvgIpc) is 3.53. The lowest BCUT2D eigenvalue weighted by atomic mass is 10.1. The van der Waals surface area contributed by atoms with Crippen LogP contribution < -0.4 is 20.7 Å². The van der Waals surface area contributed by atoms with Gasteiger partial charge >= 0.3 is 5.97 Å². The van der Waals surface area contributed by atoms with E-state index in [0.717, 1.165) is 17.6 Å². The number of benzene rings is 2. The summed E-state index contributed by atoms with van der Waals surface area (Å²) in [6, 6.07) is 8.30. The lowest BCUT2D eigenvalue weighted by molar-refractivity contribution is -0.151. The Morgan fingerprint density at radius 1 is 1.13 bits per heavy atom. The summed E-state index contributed by atoms with van der Waals surface area (Å²) in [6.07, 6.45) is 2.00. The summed E-state index contributed by atoms with van der Waals surface area (Å²) in [4.78, 5) is 30.8. The Labute approximate surface area is 227 Å². The molecule has 13 heteroatoms. The van der Waals surface area contributed by atoms with Crippen molar-refractivity contribution in [1.82, 2.24) is 30.9 Å². The van der Waals surface area contributed by atoms with Gasteiger partial charge in [0.2, 0.25) is 15.7 Å². The fraction of sp³-hybridized carbons (Fsp3) is 0.385. The highest BCUT2D eigenvalue weighted by molar-refractivity contribution is 7.89. The van der Waals surface area contributed by atoms with Crippen molar-refractivity contribution in [2.75, 3.05) is 26.2 Å². The van der Waals surface area contributed by atoms with Crippen molar-refractivity contribution < 1.29 is 22.7 Å². The second kappa shape index (κ2) is 11.4. The van der Waals surface area contributed by atoms with Crippen molar-refractivity contribution in [2.24, 2.45) is 4.99 Å². The van der Waals surface area contributed by atoms with Gasteiger partial charge in [0.1, 0.15) is 0 Å². The minimum atomic E-state index is -4.26. The van der Waals surface area contributed by atoms with E-state index >= 15 is 0 Å². The summed E-state index contributed by atoms with van der Waals surface area (Å²) in [5.41, 5.74) is 0.784. The first kappa shape index (κ1) is 28.0. The van der Waals surface area contributed by atoms with Gasteiger partial charge in [-0.1, -0.05) is 17.7 Å². The van der Waals surface area contributed by atoms with Crippen molar-refractivity contribution >= 4 is 38.8 Å². The summed E-state index contributed by atoms with van der Waals surface area (Å²) in [5, 5.41) is 16.2. The number of hydrogen-bond acceptors (Lipinski definition) is 9. The molecule has 0 bridgehead atoms. The van der Waals surface area contributed by atoms with Crippen LogP contribution in [-0.4, -0.2) is 68.4 Å². The number of carbonyl (C=O) groups is 2. The molecule has 1 aliphatic heterocycles. The van der Waals surface area contributed by atoms with Crippen molar-refractivity contribution in [3.05, 3.63) is 58.8 Å². The Hall–Kier alpha value is -3.97. The van der Waals surface area contributed by atoms with E-state index in [1.165, 1.54) is 6.92 Å². The zero-order valence-corrected chi connectivity index (χ0v) is 23.2. The summed E-state index contributed by atoms with van der Waals surface area (Å²) < 4.78 is 35.0. The molecule has 0 radical (unpaired) electrons. The second-order valence-corrected chi connectivity index (χ2v) is 11.3. The highest BCUT2D eigenvalue weighted by Crippen LogP contribution is 2.23. The molecule has 5 N–H and O–H groups in total. The van der Waals surface area contributed by atoms with E-state index in [1.807, 2.05) is 6.92 Å². The molecule has 0 spiro atoms. The number of ether oxygens (including phenoxy) is 1. The molecule has 1 aliphatic rings. The Balaban J connectivity index is 1.55. The Morgan fingerprint density at radius 2 is 1.87 bits per heavy atom. The molecule has 3 aromatic rings. The lowest BCUT2D eigenvalue weighted by Gasteiger charge is -2.30. The van der Waals surface area contributed by atoms with Crippen LogP contribution in [0.1, 0.15) is 40.4 Å². The number of aromatic nitrogens is 2. The smallest absolute Gasteiger partial charge is 0.347 e. The number of aromatic amines is 1. The molecule has 1 amide bonds. The fourth-order valence-corrected chi connectivity index (χ4v) is 6.26. The summed E-state index contributed by atoms with van der Waals surface area (Å²) in [7, 11) is -4.26. The first-order valence-corrected chi connectivity index (χ1v) is 14.0. The number of fused-ring (bicyclic) bond motifs is 1. The number of aryl methyl sites for hydroxylation is 3. The zero-order chi connectivity index (χ0) is 28.2. The first-order chi connectivity index (χ1) is 18.5. The molecule has 4 rings (SSSR count). The molecule has 208 valence electrons. The van der Waals surface area contributed by atoms with Crippen LogP contribution in [0, 0.1) is 20.8 Å². The molecule has 2 heterocycles. The highest BCUT2D eigenvalue weighted by Gasteiger charge is 2.42. The number of rotatable bonds is 10. The molecule has 12 nitrogen and oxygen atoms in total. The van der Waals surface area contributed by atoms with Gasteiger partial charge < -0.3 is 20.7 Å². The fourth-order valence-electron chi connectivity index (χ4n) is 4.52. The second-order valence-electron chi connectivity index (χ2n) is 9.66. The molecule has 0 aliphatic carbocycles. The third-order valence-corrected chi connectivity index (χ3v) is 8.07. The molecule has 0 fully saturated rings. The minimum absolute atomic E-state index is 0.00410.